The maximum absolute atomic E-state index is 11.5. The molecule has 0 aliphatic heterocycles. The van der Waals surface area contributed by atoms with Gasteiger partial charge in [0.25, 0.3) is 0 Å². The average Bonchev–Trinajstić information content (AvgIpc) is 2.05. The van der Waals surface area contributed by atoms with Crippen molar-refractivity contribution in [3.63, 3.8) is 0 Å². The van der Waals surface area contributed by atoms with E-state index in [1.54, 1.807) is 18.7 Å². The van der Waals surface area contributed by atoms with E-state index in [0.717, 1.165) is 0 Å². The number of amides is 3. The van der Waals surface area contributed by atoms with Gasteiger partial charge in [-0.25, -0.2) is 4.79 Å². The van der Waals surface area contributed by atoms with Gasteiger partial charge in [0, 0.05) is 13.1 Å². The molecule has 0 heterocycles. The fourth-order valence-corrected chi connectivity index (χ4v) is 0.919. The van der Waals surface area contributed by atoms with Crippen LogP contribution in [0.3, 0.4) is 0 Å². The van der Waals surface area contributed by atoms with Crippen molar-refractivity contribution in [2.24, 2.45) is 5.73 Å². The molecule has 3 N–H and O–H groups in total. The van der Waals surface area contributed by atoms with Crippen LogP contribution < -0.4 is 11.1 Å². The van der Waals surface area contributed by atoms with Crippen molar-refractivity contribution in [2.75, 3.05) is 13.1 Å². The van der Waals surface area contributed by atoms with Crippen LogP contribution in [-0.2, 0) is 4.79 Å². The predicted molar refractivity (Wildman–Crippen MR) is 54.7 cm³/mol. The van der Waals surface area contributed by atoms with Crippen molar-refractivity contribution in [3.8, 4) is 0 Å². The smallest absolute Gasteiger partial charge is 0.318 e. The maximum atomic E-state index is 11.5. The Morgan fingerprint density at radius 2 is 1.71 bits per heavy atom. The molecule has 0 unspecified atom stereocenters. The maximum Gasteiger partial charge on any atom is 0.318 e. The molecule has 0 fully saturated rings. The average molecular weight is 201 g/mol. The van der Waals surface area contributed by atoms with Crippen LogP contribution in [0.1, 0.15) is 27.7 Å². The van der Waals surface area contributed by atoms with E-state index in [4.69, 9.17) is 5.73 Å². The lowest BCUT2D eigenvalue weighted by molar-refractivity contribution is -0.122. The molecule has 0 aromatic rings. The van der Waals surface area contributed by atoms with Crippen LogP contribution in [-0.4, -0.2) is 35.5 Å². The van der Waals surface area contributed by atoms with E-state index >= 15 is 0 Å². The minimum Gasteiger partial charge on any atom is -0.368 e. The Hall–Kier alpha value is -1.26. The summed E-state index contributed by atoms with van der Waals surface area (Å²) in [5.41, 5.74) is 4.13. The fraction of sp³-hybridized carbons (Fsp3) is 0.778. The highest BCUT2D eigenvalue weighted by atomic mass is 16.2. The molecule has 14 heavy (non-hydrogen) atoms. The van der Waals surface area contributed by atoms with Gasteiger partial charge in [-0.15, -0.1) is 0 Å². The van der Waals surface area contributed by atoms with E-state index in [1.165, 1.54) is 0 Å². The van der Waals surface area contributed by atoms with Crippen molar-refractivity contribution in [1.82, 2.24) is 10.2 Å². The number of nitrogens with one attached hydrogen (secondary N) is 1. The summed E-state index contributed by atoms with van der Waals surface area (Å²) < 4.78 is 0. The van der Waals surface area contributed by atoms with Gasteiger partial charge in [0.05, 0.1) is 0 Å². The van der Waals surface area contributed by atoms with E-state index in [-0.39, 0.29) is 6.03 Å². The van der Waals surface area contributed by atoms with Crippen LogP contribution in [0.5, 0.6) is 0 Å². The van der Waals surface area contributed by atoms with Gasteiger partial charge < -0.3 is 16.0 Å². The molecule has 82 valence electrons. The summed E-state index contributed by atoms with van der Waals surface area (Å²) in [5.74, 6) is -0.544. The van der Waals surface area contributed by atoms with Gasteiger partial charge in [0.2, 0.25) is 5.91 Å². The highest BCUT2D eigenvalue weighted by molar-refractivity contribution is 5.89. The summed E-state index contributed by atoms with van der Waals surface area (Å²) in [6.07, 6.45) is 0. The first-order valence-corrected chi connectivity index (χ1v) is 4.72. The first-order chi connectivity index (χ1) is 6.35. The van der Waals surface area contributed by atoms with Crippen LogP contribution in [0.4, 0.5) is 4.79 Å². The largest absolute Gasteiger partial charge is 0.368 e. The Labute approximate surface area is 84.6 Å². The number of primary amides is 1. The Morgan fingerprint density at radius 1 is 1.29 bits per heavy atom. The molecule has 5 nitrogen and oxygen atoms in total. The number of carbonyl (C=O) groups is 2. The van der Waals surface area contributed by atoms with Gasteiger partial charge in [0.15, 0.2) is 0 Å². The van der Waals surface area contributed by atoms with Gasteiger partial charge >= 0.3 is 6.03 Å². The van der Waals surface area contributed by atoms with Crippen LogP contribution >= 0.6 is 0 Å². The van der Waals surface area contributed by atoms with E-state index < -0.39 is 11.4 Å². The molecule has 0 saturated carbocycles. The molecule has 0 saturated heterocycles. The van der Waals surface area contributed by atoms with Crippen LogP contribution in [0.2, 0.25) is 0 Å². The number of nitrogens with two attached hydrogens (primary N) is 1. The fourth-order valence-electron chi connectivity index (χ4n) is 0.919. The van der Waals surface area contributed by atoms with Crippen LogP contribution in [0, 0.1) is 0 Å². The minimum absolute atomic E-state index is 0.265. The van der Waals surface area contributed by atoms with Crippen molar-refractivity contribution in [3.05, 3.63) is 0 Å². The Morgan fingerprint density at radius 3 is 2.00 bits per heavy atom. The number of nitrogens with zero attached hydrogens (tertiary/aromatic N) is 1. The predicted octanol–water partition coefficient (Wildman–Crippen LogP) is 0.302. The van der Waals surface area contributed by atoms with Crippen LogP contribution in [0.25, 0.3) is 0 Å². The monoisotopic (exact) mass is 201 g/mol. The molecule has 0 aliphatic carbocycles. The molecular formula is C9H19N3O2. The third-order valence-corrected chi connectivity index (χ3v) is 2.09. The van der Waals surface area contributed by atoms with Crippen LogP contribution in [0.15, 0.2) is 0 Å². The molecule has 0 bridgehead atoms. The van der Waals surface area contributed by atoms with Crippen molar-refractivity contribution < 1.29 is 9.59 Å². The molecular weight excluding hydrogens is 182 g/mol. The van der Waals surface area contributed by atoms with Crippen molar-refractivity contribution in [1.29, 1.82) is 0 Å². The first kappa shape index (κ1) is 12.7. The molecule has 0 aromatic heterocycles. The lowest BCUT2D eigenvalue weighted by Crippen LogP contribution is -2.56. The van der Waals surface area contributed by atoms with E-state index in [2.05, 4.69) is 5.32 Å². The summed E-state index contributed by atoms with van der Waals surface area (Å²) in [5, 5.41) is 2.57. The second kappa shape index (κ2) is 4.83. The number of carbonyl (C=O) groups excluding carboxylic acids is 2. The quantitative estimate of drug-likeness (QED) is 0.686. The Balaban J connectivity index is 4.38. The molecule has 5 heteroatoms. The highest BCUT2D eigenvalue weighted by Crippen LogP contribution is 2.02. The third-order valence-electron chi connectivity index (χ3n) is 2.09. The lowest BCUT2D eigenvalue weighted by atomic mass is 10.1. The molecule has 0 radical (unpaired) electrons. The van der Waals surface area contributed by atoms with E-state index in [9.17, 15) is 9.59 Å². The number of hydrogen-bond donors (Lipinski definition) is 2. The summed E-state index contributed by atoms with van der Waals surface area (Å²) >= 11 is 0. The highest BCUT2D eigenvalue weighted by Gasteiger charge is 2.28. The summed E-state index contributed by atoms with van der Waals surface area (Å²) in [4.78, 5) is 24.1. The molecule has 0 spiro atoms. The Kier molecular flexibility index (Phi) is 4.40. The van der Waals surface area contributed by atoms with Gasteiger partial charge in [-0.1, -0.05) is 0 Å². The first-order valence-electron chi connectivity index (χ1n) is 4.72. The summed E-state index contributed by atoms with van der Waals surface area (Å²) in [6, 6.07) is -0.265. The number of rotatable bonds is 4. The van der Waals surface area contributed by atoms with Gasteiger partial charge in [-0.3, -0.25) is 4.79 Å². The Bertz CT molecular complexity index is 222. The second-order valence-corrected chi connectivity index (χ2v) is 3.59. The molecule has 0 aliphatic rings. The zero-order valence-corrected chi connectivity index (χ0v) is 9.26. The topological polar surface area (TPSA) is 75.4 Å². The zero-order chi connectivity index (χ0) is 11.4. The minimum atomic E-state index is -1.00. The van der Waals surface area contributed by atoms with E-state index in [0.29, 0.717) is 13.1 Å². The third kappa shape index (κ3) is 3.24. The molecule has 3 amide bonds. The van der Waals surface area contributed by atoms with Gasteiger partial charge in [-0.2, -0.15) is 0 Å². The summed E-state index contributed by atoms with van der Waals surface area (Å²) in [6.45, 7) is 8.13. The lowest BCUT2D eigenvalue weighted by Gasteiger charge is -2.27. The zero-order valence-electron chi connectivity index (χ0n) is 9.26. The normalized spacial score (nSPS) is 10.9. The van der Waals surface area contributed by atoms with Gasteiger partial charge in [-0.05, 0) is 27.7 Å². The standard InChI is InChI=1S/C9H19N3O2/c1-5-12(6-2)8(14)11-9(3,4)7(10)13/h5-6H2,1-4H3,(H2,10,13)(H,11,14). The SMILES string of the molecule is CCN(CC)C(=O)NC(C)(C)C(N)=O. The molecule has 0 atom stereocenters. The summed E-state index contributed by atoms with van der Waals surface area (Å²) in [7, 11) is 0. The number of urea groups is 1. The second-order valence-electron chi connectivity index (χ2n) is 3.59. The van der Waals surface area contributed by atoms with E-state index in [1.807, 2.05) is 13.8 Å². The molecule has 0 aromatic carbocycles. The van der Waals surface area contributed by atoms with Crippen molar-refractivity contribution >= 4 is 11.9 Å². The molecule has 0 rings (SSSR count). The van der Waals surface area contributed by atoms with Gasteiger partial charge in [0.1, 0.15) is 5.54 Å². The number of hydrogen-bond acceptors (Lipinski definition) is 2. The van der Waals surface area contributed by atoms with Crippen molar-refractivity contribution in [2.45, 2.75) is 33.2 Å².